The highest BCUT2D eigenvalue weighted by atomic mass is 15.2. The molecule has 0 aliphatic heterocycles. The third-order valence-electron chi connectivity index (χ3n) is 2.27. The minimum atomic E-state index is -0.194. The van der Waals surface area contributed by atoms with Crippen LogP contribution in [0.1, 0.15) is 25.7 Å². The number of hydrogen-bond donors (Lipinski definition) is 0. The molecule has 14 heavy (non-hydrogen) atoms. The topological polar surface area (TPSA) is 97.5 Å². The molecule has 0 aromatic carbocycles. The Hall–Kier alpha value is -1.64. The zero-order valence-corrected chi connectivity index (χ0v) is 7.82. The molecule has 0 saturated heterocycles. The second-order valence-corrected chi connectivity index (χ2v) is 3.17. The van der Waals surface area contributed by atoms with E-state index in [1.807, 2.05) is 0 Å². The Morgan fingerprint density at radius 1 is 0.929 bits per heavy atom. The molecule has 1 rings (SSSR count). The van der Waals surface area contributed by atoms with E-state index in [-0.39, 0.29) is 12.1 Å². The van der Waals surface area contributed by atoms with Crippen LogP contribution >= 0.6 is 0 Å². The van der Waals surface area contributed by atoms with Crippen LogP contribution in [0.2, 0.25) is 0 Å². The number of hydrogen-bond acceptors (Lipinski definition) is 2. The number of allylic oxidation sites excluding steroid dienone is 2. The molecular weight excluding hydrogens is 180 g/mol. The van der Waals surface area contributed by atoms with Crippen LogP contribution < -0.4 is 0 Å². The smallest absolute Gasteiger partial charge is 0.0461 e. The first-order chi connectivity index (χ1) is 6.88. The summed E-state index contributed by atoms with van der Waals surface area (Å²) in [5, 5.41) is 7.33. The maximum absolute atomic E-state index is 8.37. The molecule has 0 spiro atoms. The summed E-state index contributed by atoms with van der Waals surface area (Å²) in [7, 11) is 0. The Labute approximate surface area is 81.9 Å². The summed E-state index contributed by atoms with van der Waals surface area (Å²) in [6.45, 7) is 0. The van der Waals surface area contributed by atoms with E-state index in [4.69, 9.17) is 11.1 Å². The summed E-state index contributed by atoms with van der Waals surface area (Å²) < 4.78 is 0. The predicted octanol–water partition coefficient (Wildman–Crippen LogP) is 3.47. The van der Waals surface area contributed by atoms with Crippen molar-refractivity contribution in [3.05, 3.63) is 33.0 Å². The van der Waals surface area contributed by atoms with Gasteiger partial charge in [-0.2, -0.15) is 0 Å². The molecule has 0 amide bonds. The molecule has 0 fully saturated rings. The Bertz CT molecular complexity index is 267. The molecule has 0 aromatic rings. The molecule has 2 atom stereocenters. The predicted molar refractivity (Wildman–Crippen MR) is 53.5 cm³/mol. The van der Waals surface area contributed by atoms with Crippen molar-refractivity contribution in [3.8, 4) is 0 Å². The Kier molecular flexibility index (Phi) is 4.41. The first-order valence-corrected chi connectivity index (χ1v) is 4.62. The van der Waals surface area contributed by atoms with Gasteiger partial charge in [0.15, 0.2) is 0 Å². The van der Waals surface area contributed by atoms with Gasteiger partial charge in [0.2, 0.25) is 0 Å². The van der Waals surface area contributed by atoms with E-state index >= 15 is 0 Å². The molecule has 6 nitrogen and oxygen atoms in total. The van der Waals surface area contributed by atoms with Gasteiger partial charge in [-0.3, -0.25) is 0 Å². The second-order valence-electron chi connectivity index (χ2n) is 3.17. The monoisotopic (exact) mass is 192 g/mol. The van der Waals surface area contributed by atoms with Crippen LogP contribution in [-0.2, 0) is 0 Å². The molecule has 0 N–H and O–H groups in total. The standard InChI is InChI=1S/C8H12N6/c9-13-11-7-5-3-1-2-4-6-8(7)12-14-10/h1-2,7-8H,3-6H2/b2-1-/t7-,8-/m1/s1. The minimum absolute atomic E-state index is 0.194. The summed E-state index contributed by atoms with van der Waals surface area (Å²) in [5.74, 6) is 0. The van der Waals surface area contributed by atoms with E-state index in [9.17, 15) is 0 Å². The van der Waals surface area contributed by atoms with Gasteiger partial charge >= 0.3 is 0 Å². The van der Waals surface area contributed by atoms with Crippen molar-refractivity contribution >= 4 is 0 Å². The van der Waals surface area contributed by atoms with Gasteiger partial charge in [0.1, 0.15) is 0 Å². The summed E-state index contributed by atoms with van der Waals surface area (Å²) in [6, 6.07) is -0.387. The molecule has 0 aromatic heterocycles. The summed E-state index contributed by atoms with van der Waals surface area (Å²) >= 11 is 0. The third kappa shape index (κ3) is 3.01. The molecule has 74 valence electrons. The van der Waals surface area contributed by atoms with Crippen LogP contribution in [0.25, 0.3) is 20.9 Å². The van der Waals surface area contributed by atoms with Crippen molar-refractivity contribution in [1.29, 1.82) is 0 Å². The summed E-state index contributed by atoms with van der Waals surface area (Å²) in [6.07, 6.45) is 7.41. The van der Waals surface area contributed by atoms with E-state index in [0.29, 0.717) is 0 Å². The largest absolute Gasteiger partial charge is 0.0902 e. The SMILES string of the molecule is [N-]=[N+]=N[C@@H]1CC/C=C\CC[C@H]1N=[N+]=[N-]. The van der Waals surface area contributed by atoms with Crippen molar-refractivity contribution in [2.24, 2.45) is 10.2 Å². The van der Waals surface area contributed by atoms with Crippen LogP contribution in [0.15, 0.2) is 22.4 Å². The third-order valence-corrected chi connectivity index (χ3v) is 2.27. The van der Waals surface area contributed by atoms with E-state index < -0.39 is 0 Å². The fraction of sp³-hybridized carbons (Fsp3) is 0.750. The van der Waals surface area contributed by atoms with E-state index in [2.05, 4.69) is 32.2 Å². The molecule has 1 aliphatic carbocycles. The summed E-state index contributed by atoms with van der Waals surface area (Å²) in [5.41, 5.74) is 16.7. The van der Waals surface area contributed by atoms with Gasteiger partial charge in [-0.1, -0.05) is 22.4 Å². The molecule has 0 unspecified atom stereocenters. The van der Waals surface area contributed by atoms with Crippen molar-refractivity contribution in [2.45, 2.75) is 37.8 Å². The van der Waals surface area contributed by atoms with Crippen LogP contribution in [-0.4, -0.2) is 12.1 Å². The zero-order chi connectivity index (χ0) is 10.2. The Balaban J connectivity index is 2.76. The zero-order valence-electron chi connectivity index (χ0n) is 7.82. The number of rotatable bonds is 2. The summed E-state index contributed by atoms with van der Waals surface area (Å²) in [4.78, 5) is 5.56. The van der Waals surface area contributed by atoms with Gasteiger partial charge in [-0.05, 0) is 36.7 Å². The normalized spacial score (nSPS) is 28.9. The van der Waals surface area contributed by atoms with E-state index in [1.54, 1.807) is 0 Å². The molecule has 0 radical (unpaired) electrons. The minimum Gasteiger partial charge on any atom is -0.0902 e. The fourth-order valence-electron chi connectivity index (χ4n) is 1.56. The van der Waals surface area contributed by atoms with Gasteiger partial charge in [0.25, 0.3) is 0 Å². The van der Waals surface area contributed by atoms with Gasteiger partial charge < -0.3 is 0 Å². The molecule has 0 bridgehead atoms. The highest BCUT2D eigenvalue weighted by molar-refractivity contribution is 4.93. The lowest BCUT2D eigenvalue weighted by atomic mass is 9.97. The van der Waals surface area contributed by atoms with E-state index in [1.165, 1.54) is 0 Å². The van der Waals surface area contributed by atoms with Crippen LogP contribution in [0.4, 0.5) is 0 Å². The molecule has 1 aliphatic rings. The average molecular weight is 192 g/mol. The maximum atomic E-state index is 8.37. The first kappa shape index (κ1) is 10.4. The van der Waals surface area contributed by atoms with Crippen molar-refractivity contribution < 1.29 is 0 Å². The second kappa shape index (κ2) is 5.91. The van der Waals surface area contributed by atoms with Crippen molar-refractivity contribution in [3.63, 3.8) is 0 Å². The number of azide groups is 2. The first-order valence-electron chi connectivity index (χ1n) is 4.62. The number of nitrogens with zero attached hydrogens (tertiary/aromatic N) is 6. The van der Waals surface area contributed by atoms with Crippen LogP contribution in [0.5, 0.6) is 0 Å². The van der Waals surface area contributed by atoms with Gasteiger partial charge in [0.05, 0.1) is 0 Å². The maximum Gasteiger partial charge on any atom is 0.0461 e. The van der Waals surface area contributed by atoms with Gasteiger partial charge in [0, 0.05) is 21.9 Å². The Morgan fingerprint density at radius 3 is 1.71 bits per heavy atom. The average Bonchev–Trinajstić information content (AvgIpc) is 2.16. The van der Waals surface area contributed by atoms with Crippen LogP contribution in [0, 0.1) is 0 Å². The quantitative estimate of drug-likeness (QED) is 0.277. The highest BCUT2D eigenvalue weighted by Gasteiger charge is 2.18. The highest BCUT2D eigenvalue weighted by Crippen LogP contribution is 2.19. The van der Waals surface area contributed by atoms with Crippen molar-refractivity contribution in [1.82, 2.24) is 0 Å². The van der Waals surface area contributed by atoms with Gasteiger partial charge in [-0.15, -0.1) is 0 Å². The van der Waals surface area contributed by atoms with Crippen LogP contribution in [0.3, 0.4) is 0 Å². The lowest BCUT2D eigenvalue weighted by Crippen LogP contribution is -2.22. The van der Waals surface area contributed by atoms with Crippen molar-refractivity contribution in [2.75, 3.05) is 0 Å². The fourth-order valence-corrected chi connectivity index (χ4v) is 1.56. The Morgan fingerprint density at radius 2 is 1.36 bits per heavy atom. The molecular formula is C8H12N6. The lowest BCUT2D eigenvalue weighted by Gasteiger charge is -2.19. The van der Waals surface area contributed by atoms with E-state index in [0.717, 1.165) is 25.7 Å². The van der Waals surface area contributed by atoms with Gasteiger partial charge in [-0.25, -0.2) is 0 Å². The molecule has 6 heteroatoms. The molecule has 0 heterocycles. The molecule has 0 saturated carbocycles. The lowest BCUT2D eigenvalue weighted by molar-refractivity contribution is 0.465.